The van der Waals surface area contributed by atoms with Gasteiger partial charge in [0, 0.05) is 23.5 Å². The Balaban J connectivity index is 1.96. The van der Waals surface area contributed by atoms with E-state index in [-0.39, 0.29) is 5.79 Å². The molecule has 0 N–H and O–H groups in total. The quantitative estimate of drug-likeness (QED) is 0.355. The molecule has 2 fully saturated rings. The van der Waals surface area contributed by atoms with Crippen molar-refractivity contribution in [3.05, 3.63) is 11.6 Å². The van der Waals surface area contributed by atoms with Crippen LogP contribution in [0.15, 0.2) is 11.6 Å². The molecule has 0 bridgehead atoms. The van der Waals surface area contributed by atoms with Crippen LogP contribution in [0.1, 0.15) is 47.0 Å². The predicted octanol–water partition coefficient (Wildman–Crippen LogP) is 6.04. The molecule has 1 saturated heterocycles. The Labute approximate surface area is 170 Å². The molecule has 1 saturated carbocycles. The van der Waals surface area contributed by atoms with Gasteiger partial charge in [0.2, 0.25) is 0 Å². The zero-order valence-electron chi connectivity index (χ0n) is 16.1. The van der Waals surface area contributed by atoms with Crippen LogP contribution in [0, 0.1) is 41.4 Å². The number of halogens is 2. The van der Waals surface area contributed by atoms with Gasteiger partial charge in [-0.15, -0.1) is 0 Å². The van der Waals surface area contributed by atoms with Gasteiger partial charge in [0.05, 0.1) is 13.2 Å². The maximum absolute atomic E-state index is 6.23. The van der Waals surface area contributed by atoms with Gasteiger partial charge in [0.1, 0.15) is 0 Å². The minimum atomic E-state index is -0.312. The first-order chi connectivity index (χ1) is 11.9. The van der Waals surface area contributed by atoms with Gasteiger partial charge in [0.25, 0.3) is 0 Å². The van der Waals surface area contributed by atoms with E-state index >= 15 is 0 Å². The molecule has 0 aromatic carbocycles. The van der Waals surface area contributed by atoms with Crippen molar-refractivity contribution in [1.82, 2.24) is 0 Å². The summed E-state index contributed by atoms with van der Waals surface area (Å²) in [5.41, 5.74) is 1.59. The van der Waals surface area contributed by atoms with Gasteiger partial charge in [-0.2, -0.15) is 0 Å². The molecule has 3 rings (SSSR count). The Morgan fingerprint density at radius 3 is 2.32 bits per heavy atom. The molecule has 2 nitrogen and oxygen atoms in total. The van der Waals surface area contributed by atoms with Crippen LogP contribution in [0.25, 0.3) is 0 Å². The highest BCUT2D eigenvalue weighted by atomic mass is 79.9. The summed E-state index contributed by atoms with van der Waals surface area (Å²) in [5.74, 6) is 4.45. The minimum Gasteiger partial charge on any atom is -0.348 e. The fraction of sp³-hybridized carbons (Fsp3) is 0.905. The van der Waals surface area contributed by atoms with Crippen molar-refractivity contribution in [3.63, 3.8) is 0 Å². The molecule has 0 aromatic rings. The molecule has 0 aromatic heterocycles. The lowest BCUT2D eigenvalue weighted by Crippen LogP contribution is -2.51. The smallest absolute Gasteiger partial charge is 0.169 e. The summed E-state index contributed by atoms with van der Waals surface area (Å²) in [7, 11) is 0. The number of fused-ring (bicyclic) bond motifs is 1. The second-order valence-corrected chi connectivity index (χ2v) is 10.3. The van der Waals surface area contributed by atoms with Crippen molar-refractivity contribution in [2.24, 2.45) is 41.4 Å². The number of hydrogen-bond acceptors (Lipinski definition) is 2. The monoisotopic (exact) mass is 476 g/mol. The van der Waals surface area contributed by atoms with Crippen molar-refractivity contribution in [2.75, 3.05) is 23.9 Å². The fourth-order valence-corrected chi connectivity index (χ4v) is 7.39. The number of ether oxygens (including phenoxy) is 2. The second-order valence-electron chi connectivity index (χ2n) is 9.00. The first-order valence-corrected chi connectivity index (χ1v) is 12.2. The van der Waals surface area contributed by atoms with E-state index in [1.165, 1.54) is 6.42 Å². The lowest BCUT2D eigenvalue weighted by molar-refractivity contribution is -0.216. The first kappa shape index (κ1) is 20.4. The minimum absolute atomic E-state index is 0.312. The molecule has 2 aliphatic carbocycles. The predicted molar refractivity (Wildman–Crippen MR) is 111 cm³/mol. The van der Waals surface area contributed by atoms with Gasteiger partial charge in [-0.3, -0.25) is 0 Å². The number of hydrogen-bond donors (Lipinski definition) is 0. The normalized spacial score (nSPS) is 37.0. The topological polar surface area (TPSA) is 18.5 Å². The van der Waals surface area contributed by atoms with E-state index in [1.54, 1.807) is 5.57 Å². The maximum Gasteiger partial charge on any atom is 0.169 e. The molecule has 1 heterocycles. The highest BCUT2D eigenvalue weighted by molar-refractivity contribution is 9.09. The summed E-state index contributed by atoms with van der Waals surface area (Å²) in [6.45, 7) is 11.0. The number of alkyl halides is 2. The van der Waals surface area contributed by atoms with Crippen LogP contribution in [0.4, 0.5) is 0 Å². The summed E-state index contributed by atoms with van der Waals surface area (Å²) in [5, 5.41) is 2.15. The molecule has 3 aliphatic rings. The molecule has 1 spiro atoms. The number of rotatable bonds is 5. The molecule has 6 atom stereocenters. The molecule has 0 radical (unpaired) electrons. The van der Waals surface area contributed by atoms with Crippen LogP contribution in [0.2, 0.25) is 0 Å². The summed E-state index contributed by atoms with van der Waals surface area (Å²) in [6, 6.07) is 0. The van der Waals surface area contributed by atoms with Crippen LogP contribution in [-0.4, -0.2) is 29.7 Å². The summed E-state index contributed by atoms with van der Waals surface area (Å²) < 4.78 is 12.5. The Kier molecular flexibility index (Phi) is 6.78. The third-order valence-corrected chi connectivity index (χ3v) is 8.81. The van der Waals surface area contributed by atoms with Gasteiger partial charge >= 0.3 is 0 Å². The van der Waals surface area contributed by atoms with Crippen LogP contribution >= 0.6 is 31.9 Å². The van der Waals surface area contributed by atoms with Gasteiger partial charge in [-0.25, -0.2) is 0 Å². The van der Waals surface area contributed by atoms with Gasteiger partial charge < -0.3 is 9.47 Å². The Hall–Kier alpha value is 0.620. The summed E-state index contributed by atoms with van der Waals surface area (Å²) >= 11 is 7.58. The van der Waals surface area contributed by atoms with E-state index < -0.39 is 0 Å². The van der Waals surface area contributed by atoms with Crippen LogP contribution in [-0.2, 0) is 9.47 Å². The van der Waals surface area contributed by atoms with Crippen molar-refractivity contribution >= 4 is 31.9 Å². The second kappa shape index (κ2) is 8.32. The average molecular weight is 478 g/mol. The molecule has 0 unspecified atom stereocenters. The first-order valence-electron chi connectivity index (χ1n) is 9.98. The molecular formula is C21H34Br2O2. The standard InChI is InChI=1S/C21H34Br2O2/c1-13(2)20(12-23)17-8-14(3)7-16-18(15(4)11-22)9-21(10-19(16)17)24-5-6-25-21/h7,13,15-20H,5-6,8-12H2,1-4H3/t15-,16-,17-,18+,19+,20-/m1/s1. The molecule has 25 heavy (non-hydrogen) atoms. The maximum atomic E-state index is 6.23. The van der Waals surface area contributed by atoms with E-state index in [0.717, 1.165) is 42.6 Å². The van der Waals surface area contributed by atoms with Crippen LogP contribution in [0.5, 0.6) is 0 Å². The van der Waals surface area contributed by atoms with Crippen molar-refractivity contribution in [2.45, 2.75) is 52.7 Å². The molecule has 0 amide bonds. The highest BCUT2D eigenvalue weighted by Crippen LogP contribution is 2.55. The molecule has 4 heteroatoms. The van der Waals surface area contributed by atoms with Crippen molar-refractivity contribution < 1.29 is 9.47 Å². The lowest BCUT2D eigenvalue weighted by atomic mass is 9.56. The van der Waals surface area contributed by atoms with Crippen molar-refractivity contribution in [3.8, 4) is 0 Å². The Morgan fingerprint density at radius 2 is 1.76 bits per heavy atom. The van der Waals surface area contributed by atoms with Gasteiger partial charge in [-0.1, -0.05) is 64.3 Å². The zero-order valence-corrected chi connectivity index (χ0v) is 19.3. The summed E-state index contributed by atoms with van der Waals surface area (Å²) in [6.07, 6.45) is 5.98. The molecule has 1 aliphatic heterocycles. The Morgan fingerprint density at radius 1 is 1.08 bits per heavy atom. The van der Waals surface area contributed by atoms with E-state index in [9.17, 15) is 0 Å². The zero-order chi connectivity index (χ0) is 18.2. The van der Waals surface area contributed by atoms with Gasteiger partial charge in [-0.05, 0) is 54.8 Å². The third-order valence-electron chi connectivity index (χ3n) is 7.04. The summed E-state index contributed by atoms with van der Waals surface area (Å²) in [4.78, 5) is 0. The van der Waals surface area contributed by atoms with E-state index in [4.69, 9.17) is 9.47 Å². The van der Waals surface area contributed by atoms with Crippen LogP contribution in [0.3, 0.4) is 0 Å². The highest BCUT2D eigenvalue weighted by Gasteiger charge is 2.53. The lowest BCUT2D eigenvalue weighted by Gasteiger charge is -2.53. The fourth-order valence-electron chi connectivity index (χ4n) is 5.68. The SMILES string of the molecule is CC1=C[C@@H]2[C@H]([C@H](C)CBr)CC3(C[C@@H]2[C@H]([C@H](CBr)C(C)C)C1)OCCO3. The molecular weight excluding hydrogens is 444 g/mol. The van der Waals surface area contributed by atoms with Crippen molar-refractivity contribution in [1.29, 1.82) is 0 Å². The van der Waals surface area contributed by atoms with E-state index in [2.05, 4.69) is 65.6 Å². The van der Waals surface area contributed by atoms with Crippen LogP contribution < -0.4 is 0 Å². The molecule has 144 valence electrons. The third kappa shape index (κ3) is 4.07. The average Bonchev–Trinajstić information content (AvgIpc) is 3.02. The van der Waals surface area contributed by atoms with E-state index in [0.29, 0.717) is 35.5 Å². The number of allylic oxidation sites excluding steroid dienone is 2. The Bertz CT molecular complexity index is 484. The largest absolute Gasteiger partial charge is 0.348 e. The van der Waals surface area contributed by atoms with E-state index in [1.807, 2.05) is 0 Å². The van der Waals surface area contributed by atoms with Gasteiger partial charge in [0.15, 0.2) is 5.79 Å².